The Morgan fingerprint density at radius 1 is 1.00 bits per heavy atom. The number of hydrogen-bond acceptors (Lipinski definition) is 4. The molecule has 0 aliphatic heterocycles. The van der Waals surface area contributed by atoms with Gasteiger partial charge in [0.05, 0.1) is 7.11 Å². The zero-order valence-corrected chi connectivity index (χ0v) is 12.8. The van der Waals surface area contributed by atoms with Crippen LogP contribution in [-0.4, -0.2) is 19.3 Å². The fourth-order valence-electron chi connectivity index (χ4n) is 1.77. The second-order valence-corrected chi connectivity index (χ2v) is 4.78. The van der Waals surface area contributed by atoms with Gasteiger partial charge in [-0.25, -0.2) is 10.3 Å². The van der Waals surface area contributed by atoms with Gasteiger partial charge in [-0.3, -0.25) is 4.79 Å². The van der Waals surface area contributed by atoms with Crippen molar-refractivity contribution in [1.29, 1.82) is 0 Å². The van der Waals surface area contributed by atoms with Crippen LogP contribution in [0, 0.1) is 6.92 Å². The largest absolute Gasteiger partial charge is 0.497 e. The van der Waals surface area contributed by atoms with Crippen LogP contribution in [0.5, 0.6) is 11.5 Å². The van der Waals surface area contributed by atoms with E-state index in [1.54, 1.807) is 38.3 Å². The highest BCUT2D eigenvalue weighted by molar-refractivity contribution is 5.93. The highest BCUT2D eigenvalue weighted by Gasteiger charge is 2.09. The first-order chi connectivity index (χ1) is 10.6. The molecule has 0 aliphatic carbocycles. The van der Waals surface area contributed by atoms with Crippen molar-refractivity contribution in [3.05, 3.63) is 59.7 Å². The summed E-state index contributed by atoms with van der Waals surface area (Å²) in [6.45, 7) is 3.70. The second-order valence-electron chi connectivity index (χ2n) is 4.78. The van der Waals surface area contributed by atoms with Crippen LogP contribution in [0.1, 0.15) is 22.8 Å². The summed E-state index contributed by atoms with van der Waals surface area (Å²) in [5.74, 6) is 1.02. The van der Waals surface area contributed by atoms with Gasteiger partial charge in [0.2, 0.25) is 6.29 Å². The van der Waals surface area contributed by atoms with Crippen LogP contribution in [0.15, 0.2) is 48.5 Å². The number of carbonyl (C=O) groups is 1. The Morgan fingerprint density at radius 2 is 1.59 bits per heavy atom. The first kappa shape index (κ1) is 15.9. The van der Waals surface area contributed by atoms with E-state index in [2.05, 4.69) is 5.48 Å². The van der Waals surface area contributed by atoms with E-state index in [0.717, 1.165) is 5.56 Å². The molecule has 5 heteroatoms. The lowest BCUT2D eigenvalue weighted by Crippen LogP contribution is -2.31. The van der Waals surface area contributed by atoms with Gasteiger partial charge in [0.15, 0.2) is 0 Å². The van der Waals surface area contributed by atoms with Gasteiger partial charge in [0.1, 0.15) is 11.5 Å². The lowest BCUT2D eigenvalue weighted by atomic mass is 10.2. The van der Waals surface area contributed by atoms with Gasteiger partial charge in [0, 0.05) is 12.5 Å². The van der Waals surface area contributed by atoms with Gasteiger partial charge in [-0.15, -0.1) is 0 Å². The molecule has 2 aromatic carbocycles. The predicted octanol–water partition coefficient (Wildman–Crippen LogP) is 3.09. The highest BCUT2D eigenvalue weighted by Crippen LogP contribution is 2.14. The molecule has 22 heavy (non-hydrogen) atoms. The Kier molecular flexibility index (Phi) is 5.38. The molecule has 1 unspecified atom stereocenters. The maximum Gasteiger partial charge on any atom is 0.274 e. The van der Waals surface area contributed by atoms with Crippen LogP contribution >= 0.6 is 0 Å². The number of amides is 1. The first-order valence-corrected chi connectivity index (χ1v) is 6.92. The van der Waals surface area contributed by atoms with Crippen molar-refractivity contribution in [3.8, 4) is 11.5 Å². The average Bonchev–Trinajstić information content (AvgIpc) is 2.55. The molecule has 0 fully saturated rings. The molecule has 0 spiro atoms. The van der Waals surface area contributed by atoms with Crippen molar-refractivity contribution >= 4 is 5.91 Å². The topological polar surface area (TPSA) is 56.8 Å². The number of hydroxylamine groups is 1. The van der Waals surface area contributed by atoms with Crippen molar-refractivity contribution < 1.29 is 19.1 Å². The molecule has 1 amide bonds. The second kappa shape index (κ2) is 7.47. The van der Waals surface area contributed by atoms with Crippen molar-refractivity contribution in [2.45, 2.75) is 20.1 Å². The van der Waals surface area contributed by atoms with Crippen molar-refractivity contribution in [1.82, 2.24) is 5.48 Å². The monoisotopic (exact) mass is 301 g/mol. The van der Waals surface area contributed by atoms with Crippen LogP contribution in [-0.2, 0) is 4.84 Å². The minimum Gasteiger partial charge on any atom is -0.497 e. The van der Waals surface area contributed by atoms with Crippen LogP contribution in [0.4, 0.5) is 0 Å². The summed E-state index contributed by atoms with van der Waals surface area (Å²) in [5.41, 5.74) is 3.99. The summed E-state index contributed by atoms with van der Waals surface area (Å²) >= 11 is 0. The van der Waals surface area contributed by atoms with E-state index < -0.39 is 6.29 Å². The molecule has 2 rings (SSSR count). The van der Waals surface area contributed by atoms with E-state index >= 15 is 0 Å². The number of methoxy groups -OCH3 is 1. The Bertz CT molecular complexity index is 608. The summed E-state index contributed by atoms with van der Waals surface area (Å²) in [4.78, 5) is 17.1. The maximum atomic E-state index is 11.9. The third-order valence-corrected chi connectivity index (χ3v) is 2.99. The maximum absolute atomic E-state index is 11.9. The minimum atomic E-state index is -0.607. The lowest BCUT2D eigenvalue weighted by molar-refractivity contribution is -0.105. The summed E-state index contributed by atoms with van der Waals surface area (Å²) < 4.78 is 10.6. The number of hydrogen-bond donors (Lipinski definition) is 1. The summed E-state index contributed by atoms with van der Waals surface area (Å²) in [5, 5.41) is 0. The van der Waals surface area contributed by atoms with Crippen molar-refractivity contribution in [2.24, 2.45) is 0 Å². The molecule has 0 aromatic heterocycles. The predicted molar refractivity (Wildman–Crippen MR) is 82.8 cm³/mol. The quantitative estimate of drug-likeness (QED) is 0.658. The van der Waals surface area contributed by atoms with Gasteiger partial charge in [-0.2, -0.15) is 0 Å². The molecule has 2 aromatic rings. The molecule has 5 nitrogen and oxygen atoms in total. The first-order valence-electron chi connectivity index (χ1n) is 6.92. The van der Waals surface area contributed by atoms with Crippen molar-refractivity contribution in [2.75, 3.05) is 7.11 Å². The molecule has 116 valence electrons. The van der Waals surface area contributed by atoms with Gasteiger partial charge in [0.25, 0.3) is 5.91 Å². The molecular weight excluding hydrogens is 282 g/mol. The molecule has 0 aliphatic rings. The number of rotatable bonds is 6. The summed E-state index contributed by atoms with van der Waals surface area (Å²) in [6, 6.07) is 14.3. The zero-order valence-electron chi connectivity index (χ0n) is 12.8. The van der Waals surface area contributed by atoms with Gasteiger partial charge in [-0.1, -0.05) is 17.7 Å². The van der Waals surface area contributed by atoms with Gasteiger partial charge < -0.3 is 9.47 Å². The number of nitrogens with one attached hydrogen (secondary N) is 1. The van der Waals surface area contributed by atoms with E-state index in [1.165, 1.54) is 0 Å². The number of aryl methyl sites for hydroxylation is 1. The van der Waals surface area contributed by atoms with Gasteiger partial charge >= 0.3 is 0 Å². The number of benzene rings is 2. The van der Waals surface area contributed by atoms with Crippen LogP contribution in [0.2, 0.25) is 0 Å². The fourth-order valence-corrected chi connectivity index (χ4v) is 1.77. The SMILES string of the molecule is COc1ccc(C(=O)NOC(C)Oc2ccc(C)cc2)cc1. The number of ether oxygens (including phenoxy) is 2. The Hall–Kier alpha value is -2.53. The normalized spacial score (nSPS) is 11.6. The average molecular weight is 301 g/mol. The third kappa shape index (κ3) is 4.49. The molecule has 0 saturated carbocycles. The molecule has 1 N–H and O–H groups in total. The smallest absolute Gasteiger partial charge is 0.274 e. The Morgan fingerprint density at radius 3 is 2.18 bits per heavy atom. The molecular formula is C17H19NO4. The highest BCUT2D eigenvalue weighted by atomic mass is 16.8. The number of carbonyl (C=O) groups excluding carboxylic acids is 1. The Balaban J connectivity index is 1.83. The third-order valence-electron chi connectivity index (χ3n) is 2.99. The van der Waals surface area contributed by atoms with E-state index in [4.69, 9.17) is 14.3 Å². The van der Waals surface area contributed by atoms with E-state index in [-0.39, 0.29) is 5.91 Å². The zero-order chi connectivity index (χ0) is 15.9. The lowest BCUT2D eigenvalue weighted by Gasteiger charge is -2.15. The molecule has 0 radical (unpaired) electrons. The molecule has 0 heterocycles. The van der Waals surface area contributed by atoms with Crippen LogP contribution < -0.4 is 15.0 Å². The van der Waals surface area contributed by atoms with Gasteiger partial charge in [-0.05, 0) is 43.3 Å². The molecule has 0 bridgehead atoms. The van der Waals surface area contributed by atoms with Crippen molar-refractivity contribution in [3.63, 3.8) is 0 Å². The van der Waals surface area contributed by atoms with E-state index in [0.29, 0.717) is 17.1 Å². The molecule has 0 saturated heterocycles. The standard InChI is InChI=1S/C17H19NO4/c1-12-4-8-16(9-5-12)21-13(2)22-18-17(19)14-6-10-15(20-3)11-7-14/h4-11,13H,1-3H3,(H,18,19). The van der Waals surface area contributed by atoms with E-state index in [1.807, 2.05) is 31.2 Å². The minimum absolute atomic E-state index is 0.345. The fraction of sp³-hybridized carbons (Fsp3) is 0.235. The molecule has 1 atom stereocenters. The van der Waals surface area contributed by atoms with Crippen LogP contribution in [0.25, 0.3) is 0 Å². The van der Waals surface area contributed by atoms with Crippen LogP contribution in [0.3, 0.4) is 0 Å². The Labute approximate surface area is 129 Å². The summed E-state index contributed by atoms with van der Waals surface area (Å²) in [6.07, 6.45) is -0.607. The van der Waals surface area contributed by atoms with E-state index in [9.17, 15) is 4.79 Å². The summed E-state index contributed by atoms with van der Waals surface area (Å²) in [7, 11) is 1.57.